The minimum atomic E-state index is -3.80. The maximum absolute atomic E-state index is 13.3. The second-order valence-corrected chi connectivity index (χ2v) is 13.0. The predicted octanol–water partition coefficient (Wildman–Crippen LogP) is 2.37. The summed E-state index contributed by atoms with van der Waals surface area (Å²) in [6.45, 7) is 8.96. The van der Waals surface area contributed by atoms with E-state index in [9.17, 15) is 27.6 Å². The number of unbranched alkanes of at least 4 members (excludes halogenated alkanes) is 3. The molecule has 2 aliphatic rings. The molecule has 1 aliphatic heterocycles. The van der Waals surface area contributed by atoms with Gasteiger partial charge in [0.25, 0.3) is 5.91 Å². The zero-order chi connectivity index (χ0) is 28.5. The molecular formula is C26H44N4O7S. The fraction of sp³-hybridized carbons (Fsp3) is 0.769. The normalized spacial score (nSPS) is 19.6. The molecule has 0 aromatic rings. The molecule has 216 valence electrons. The quantitative estimate of drug-likeness (QED) is 0.233. The number of carbonyl (C=O) groups is 4. The number of ether oxygens (including phenoxy) is 1. The van der Waals surface area contributed by atoms with Crippen molar-refractivity contribution in [2.45, 2.75) is 109 Å². The van der Waals surface area contributed by atoms with Crippen LogP contribution in [0.25, 0.3) is 0 Å². The molecule has 38 heavy (non-hydrogen) atoms. The van der Waals surface area contributed by atoms with Crippen molar-refractivity contribution in [3.8, 4) is 0 Å². The van der Waals surface area contributed by atoms with Crippen molar-refractivity contribution in [2.75, 3.05) is 13.1 Å². The van der Waals surface area contributed by atoms with Gasteiger partial charge in [-0.1, -0.05) is 38.8 Å². The standard InChI is InChI=1S/C26H44N4O7S/c1-6-7-8-9-10-12-18(2)22(24(33)29-38(35,36)19-14-15-19)28-23(32)20-13-11-16-30(20)21(31)17-27-25(34)37-26(3,4)5/h10,12,18-20,22H,6-9,11,13-17H2,1-5H3,(H,27,34)(H,28,32)(H,29,33)/b12-10-/t18-,20-,22?/m0/s1. The van der Waals surface area contributed by atoms with E-state index in [0.717, 1.165) is 25.7 Å². The monoisotopic (exact) mass is 556 g/mol. The van der Waals surface area contributed by atoms with E-state index in [1.54, 1.807) is 27.7 Å². The fourth-order valence-electron chi connectivity index (χ4n) is 4.19. The molecule has 1 aliphatic carbocycles. The highest BCUT2D eigenvalue weighted by Gasteiger charge is 2.40. The van der Waals surface area contributed by atoms with E-state index >= 15 is 0 Å². The van der Waals surface area contributed by atoms with E-state index in [2.05, 4.69) is 22.3 Å². The van der Waals surface area contributed by atoms with Gasteiger partial charge in [0.15, 0.2) is 0 Å². The Balaban J connectivity index is 2.07. The fourth-order valence-corrected chi connectivity index (χ4v) is 5.52. The number of amides is 4. The summed E-state index contributed by atoms with van der Waals surface area (Å²) in [7, 11) is -3.80. The van der Waals surface area contributed by atoms with Gasteiger partial charge in [-0.15, -0.1) is 0 Å². The van der Waals surface area contributed by atoms with Crippen LogP contribution in [0.3, 0.4) is 0 Å². The number of likely N-dealkylation sites (tertiary alicyclic amines) is 1. The molecule has 1 saturated heterocycles. The predicted molar refractivity (Wildman–Crippen MR) is 143 cm³/mol. The van der Waals surface area contributed by atoms with Crippen molar-refractivity contribution >= 4 is 33.8 Å². The van der Waals surface area contributed by atoms with Crippen molar-refractivity contribution in [3.63, 3.8) is 0 Å². The maximum Gasteiger partial charge on any atom is 0.408 e. The van der Waals surface area contributed by atoms with Gasteiger partial charge in [-0.3, -0.25) is 19.1 Å². The molecule has 0 aromatic heterocycles. The number of rotatable bonds is 13. The Hall–Kier alpha value is -2.63. The largest absolute Gasteiger partial charge is 0.444 e. The van der Waals surface area contributed by atoms with Crippen molar-refractivity contribution < 1.29 is 32.3 Å². The van der Waals surface area contributed by atoms with E-state index in [1.807, 2.05) is 12.2 Å². The third-order valence-corrected chi connectivity index (χ3v) is 8.22. The molecule has 1 saturated carbocycles. The van der Waals surface area contributed by atoms with Crippen molar-refractivity contribution in [3.05, 3.63) is 12.2 Å². The molecule has 0 spiro atoms. The lowest BCUT2D eigenvalue weighted by molar-refractivity contribution is -0.139. The van der Waals surface area contributed by atoms with Gasteiger partial charge in [0.2, 0.25) is 21.8 Å². The van der Waals surface area contributed by atoms with Crippen LogP contribution in [-0.2, 0) is 29.1 Å². The first kappa shape index (κ1) is 31.6. The first-order chi connectivity index (χ1) is 17.7. The Labute approximate surface area is 226 Å². The third kappa shape index (κ3) is 10.3. The SMILES string of the molecule is CCCCC/C=C\[C@H](C)C(NC(=O)[C@@H]1CCCN1C(=O)CNC(=O)OC(C)(C)C)C(=O)NS(=O)(=O)C1CC1. The van der Waals surface area contributed by atoms with Crippen LogP contribution in [0, 0.1) is 5.92 Å². The molecule has 0 radical (unpaired) electrons. The number of alkyl carbamates (subject to hydrolysis) is 1. The van der Waals surface area contributed by atoms with E-state index < -0.39 is 62.7 Å². The average Bonchev–Trinajstić information content (AvgIpc) is 3.57. The van der Waals surface area contributed by atoms with Crippen molar-refractivity contribution in [1.82, 2.24) is 20.3 Å². The molecule has 3 atom stereocenters. The maximum atomic E-state index is 13.3. The number of carbonyl (C=O) groups excluding carboxylic acids is 4. The second-order valence-electron chi connectivity index (χ2n) is 11.1. The molecule has 1 heterocycles. The molecule has 11 nitrogen and oxygen atoms in total. The number of hydrogen-bond acceptors (Lipinski definition) is 7. The molecule has 4 amide bonds. The van der Waals surface area contributed by atoms with Gasteiger partial charge in [0, 0.05) is 12.5 Å². The van der Waals surface area contributed by atoms with Crippen LogP contribution < -0.4 is 15.4 Å². The van der Waals surface area contributed by atoms with Gasteiger partial charge in [-0.05, 0) is 59.3 Å². The smallest absolute Gasteiger partial charge is 0.408 e. The summed E-state index contributed by atoms with van der Waals surface area (Å²) >= 11 is 0. The Kier molecular flexibility index (Phi) is 11.6. The molecule has 2 rings (SSSR count). The van der Waals surface area contributed by atoms with Gasteiger partial charge >= 0.3 is 6.09 Å². The Bertz CT molecular complexity index is 986. The van der Waals surface area contributed by atoms with Gasteiger partial charge in [-0.25, -0.2) is 13.2 Å². The number of hydrogen-bond donors (Lipinski definition) is 3. The van der Waals surface area contributed by atoms with E-state index in [4.69, 9.17) is 4.74 Å². The minimum Gasteiger partial charge on any atom is -0.444 e. The van der Waals surface area contributed by atoms with Crippen LogP contribution in [0.2, 0.25) is 0 Å². The first-order valence-corrected chi connectivity index (χ1v) is 15.1. The number of nitrogens with zero attached hydrogens (tertiary/aromatic N) is 1. The topological polar surface area (TPSA) is 151 Å². The van der Waals surface area contributed by atoms with Crippen LogP contribution in [0.15, 0.2) is 12.2 Å². The Morgan fingerprint density at radius 3 is 2.39 bits per heavy atom. The number of nitrogens with one attached hydrogen (secondary N) is 3. The van der Waals surface area contributed by atoms with Crippen LogP contribution in [-0.4, -0.2) is 73.2 Å². The minimum absolute atomic E-state index is 0.326. The zero-order valence-electron chi connectivity index (χ0n) is 23.2. The van der Waals surface area contributed by atoms with Crippen LogP contribution >= 0.6 is 0 Å². The van der Waals surface area contributed by atoms with E-state index in [1.165, 1.54) is 4.90 Å². The lowest BCUT2D eigenvalue weighted by atomic mass is 9.99. The summed E-state index contributed by atoms with van der Waals surface area (Å²) in [6, 6.07) is -1.96. The summed E-state index contributed by atoms with van der Waals surface area (Å²) < 4.78 is 32.1. The molecule has 0 aromatic carbocycles. The molecule has 2 fully saturated rings. The molecule has 12 heteroatoms. The number of allylic oxidation sites excluding steroid dienone is 1. The highest BCUT2D eigenvalue weighted by atomic mass is 32.2. The molecule has 0 bridgehead atoms. The van der Waals surface area contributed by atoms with Gasteiger partial charge < -0.3 is 20.3 Å². The summed E-state index contributed by atoms with van der Waals surface area (Å²) in [5.74, 6) is -2.26. The lowest BCUT2D eigenvalue weighted by Crippen LogP contribution is -2.56. The first-order valence-electron chi connectivity index (χ1n) is 13.5. The second kappa shape index (κ2) is 14.0. The van der Waals surface area contributed by atoms with Gasteiger partial charge in [0.05, 0.1) is 5.25 Å². The summed E-state index contributed by atoms with van der Waals surface area (Å²) in [6.07, 6.45) is 8.95. The van der Waals surface area contributed by atoms with E-state index in [-0.39, 0.29) is 6.54 Å². The summed E-state index contributed by atoms with van der Waals surface area (Å²) in [4.78, 5) is 52.4. The summed E-state index contributed by atoms with van der Waals surface area (Å²) in [5.41, 5.74) is -0.715. The van der Waals surface area contributed by atoms with Crippen molar-refractivity contribution in [2.24, 2.45) is 5.92 Å². The van der Waals surface area contributed by atoms with Crippen LogP contribution in [0.4, 0.5) is 4.79 Å². The molecule has 1 unspecified atom stereocenters. The number of sulfonamides is 1. The third-order valence-electron chi connectivity index (χ3n) is 6.38. The Morgan fingerprint density at radius 2 is 1.79 bits per heavy atom. The zero-order valence-corrected chi connectivity index (χ0v) is 24.1. The van der Waals surface area contributed by atoms with Crippen LogP contribution in [0.5, 0.6) is 0 Å². The van der Waals surface area contributed by atoms with Crippen LogP contribution in [0.1, 0.15) is 86.0 Å². The Morgan fingerprint density at radius 1 is 1.11 bits per heavy atom. The molecular weight excluding hydrogens is 512 g/mol. The lowest BCUT2D eigenvalue weighted by Gasteiger charge is -2.28. The highest BCUT2D eigenvalue weighted by Crippen LogP contribution is 2.27. The van der Waals surface area contributed by atoms with Crippen molar-refractivity contribution in [1.29, 1.82) is 0 Å². The summed E-state index contributed by atoms with van der Waals surface area (Å²) in [5, 5.41) is 4.53. The molecule has 3 N–H and O–H groups in total. The van der Waals surface area contributed by atoms with Gasteiger partial charge in [-0.2, -0.15) is 0 Å². The van der Waals surface area contributed by atoms with E-state index in [0.29, 0.717) is 32.2 Å². The average molecular weight is 557 g/mol. The highest BCUT2D eigenvalue weighted by molar-refractivity contribution is 7.90. The van der Waals surface area contributed by atoms with Gasteiger partial charge in [0.1, 0.15) is 24.2 Å².